The van der Waals surface area contributed by atoms with E-state index >= 15 is 0 Å². The van der Waals surface area contributed by atoms with Gasteiger partial charge in [-0.3, -0.25) is 4.79 Å². The van der Waals surface area contributed by atoms with Gasteiger partial charge in [-0.15, -0.1) is 11.3 Å². The number of hydrogen-bond donors (Lipinski definition) is 1. The summed E-state index contributed by atoms with van der Waals surface area (Å²) in [5.74, 6) is 0. The van der Waals surface area contributed by atoms with Gasteiger partial charge in [0, 0.05) is 27.8 Å². The standard InChI is InChI=1S/C13H16BrClN4OS/c1-18(2)3-4-19-13(20)12(15)11(7-17-19)16-6-10-5-9(14)8-21-10/h5,7-8,16H,3-4,6H2,1-2H3. The Hall–Kier alpha value is -0.890. The molecular formula is C13H16BrClN4OS. The molecule has 2 aromatic heterocycles. The third kappa shape index (κ3) is 4.54. The fraction of sp³-hybridized carbons (Fsp3) is 0.385. The minimum Gasteiger partial charge on any atom is -0.377 e. The Kier molecular flexibility index (Phi) is 5.80. The number of rotatable bonds is 6. The van der Waals surface area contributed by atoms with Gasteiger partial charge in [-0.25, -0.2) is 4.68 Å². The number of anilines is 1. The Bertz CT molecular complexity index is 670. The average Bonchev–Trinajstić information content (AvgIpc) is 2.85. The molecule has 2 heterocycles. The highest BCUT2D eigenvalue weighted by molar-refractivity contribution is 9.10. The lowest BCUT2D eigenvalue weighted by atomic mass is 10.4. The van der Waals surface area contributed by atoms with Gasteiger partial charge in [-0.2, -0.15) is 5.10 Å². The van der Waals surface area contributed by atoms with Gasteiger partial charge in [-0.05, 0) is 36.1 Å². The van der Waals surface area contributed by atoms with Crippen LogP contribution in [0.5, 0.6) is 0 Å². The number of nitrogens with zero attached hydrogens (tertiary/aromatic N) is 3. The summed E-state index contributed by atoms with van der Waals surface area (Å²) in [5, 5.41) is 9.49. The molecule has 0 aliphatic heterocycles. The van der Waals surface area contributed by atoms with Gasteiger partial charge in [0.15, 0.2) is 0 Å². The summed E-state index contributed by atoms with van der Waals surface area (Å²) >= 11 is 11.2. The highest BCUT2D eigenvalue weighted by Crippen LogP contribution is 2.22. The van der Waals surface area contributed by atoms with E-state index in [0.717, 1.165) is 15.9 Å². The van der Waals surface area contributed by atoms with E-state index in [1.165, 1.54) is 4.68 Å². The van der Waals surface area contributed by atoms with Crippen LogP contribution in [0.25, 0.3) is 0 Å². The summed E-state index contributed by atoms with van der Waals surface area (Å²) in [6.45, 7) is 1.86. The number of hydrogen-bond acceptors (Lipinski definition) is 5. The highest BCUT2D eigenvalue weighted by atomic mass is 79.9. The summed E-state index contributed by atoms with van der Waals surface area (Å²) < 4.78 is 2.43. The maximum Gasteiger partial charge on any atom is 0.287 e. The lowest BCUT2D eigenvalue weighted by Crippen LogP contribution is -2.29. The van der Waals surface area contributed by atoms with Crippen LogP contribution < -0.4 is 10.9 Å². The van der Waals surface area contributed by atoms with Crippen LogP contribution >= 0.6 is 38.9 Å². The molecular weight excluding hydrogens is 376 g/mol. The quantitative estimate of drug-likeness (QED) is 0.822. The minimum atomic E-state index is -0.268. The predicted molar refractivity (Wildman–Crippen MR) is 91.4 cm³/mol. The van der Waals surface area contributed by atoms with Crippen LogP contribution in [-0.2, 0) is 13.1 Å². The van der Waals surface area contributed by atoms with Crippen LogP contribution in [0.1, 0.15) is 4.88 Å². The zero-order valence-corrected chi connectivity index (χ0v) is 14.9. The molecule has 0 spiro atoms. The lowest BCUT2D eigenvalue weighted by Gasteiger charge is -2.12. The van der Waals surface area contributed by atoms with Crippen molar-refractivity contribution in [1.29, 1.82) is 0 Å². The summed E-state index contributed by atoms with van der Waals surface area (Å²) in [5.41, 5.74) is 0.295. The van der Waals surface area contributed by atoms with Crippen LogP contribution in [0.15, 0.2) is 26.9 Å². The van der Waals surface area contributed by atoms with E-state index in [0.29, 0.717) is 18.8 Å². The van der Waals surface area contributed by atoms with Gasteiger partial charge in [-0.1, -0.05) is 11.6 Å². The van der Waals surface area contributed by atoms with E-state index in [1.807, 2.05) is 30.4 Å². The van der Waals surface area contributed by atoms with Crippen molar-refractivity contribution in [3.8, 4) is 0 Å². The van der Waals surface area contributed by atoms with Crippen LogP contribution in [0.4, 0.5) is 5.69 Å². The first-order valence-corrected chi connectivity index (χ1v) is 8.39. The smallest absolute Gasteiger partial charge is 0.287 e. The number of nitrogens with one attached hydrogen (secondary N) is 1. The monoisotopic (exact) mass is 390 g/mol. The number of aromatic nitrogens is 2. The molecule has 0 unspecified atom stereocenters. The Morgan fingerprint density at radius 1 is 1.52 bits per heavy atom. The second-order valence-corrected chi connectivity index (χ2v) is 7.08. The average molecular weight is 392 g/mol. The van der Waals surface area contributed by atoms with Crippen molar-refractivity contribution in [2.75, 3.05) is 26.0 Å². The predicted octanol–water partition coefficient (Wildman–Crippen LogP) is 2.89. The van der Waals surface area contributed by atoms with E-state index in [9.17, 15) is 4.79 Å². The first-order chi connectivity index (χ1) is 9.97. The minimum absolute atomic E-state index is 0.180. The van der Waals surface area contributed by atoms with Gasteiger partial charge in [0.05, 0.1) is 18.4 Å². The molecule has 0 radical (unpaired) electrons. The molecule has 1 N–H and O–H groups in total. The van der Waals surface area contributed by atoms with Crippen molar-refractivity contribution in [2.45, 2.75) is 13.1 Å². The molecule has 0 aliphatic carbocycles. The normalized spacial score (nSPS) is 11.1. The summed E-state index contributed by atoms with van der Waals surface area (Å²) in [7, 11) is 3.89. The largest absolute Gasteiger partial charge is 0.377 e. The Morgan fingerprint density at radius 3 is 2.90 bits per heavy atom. The van der Waals surface area contributed by atoms with Gasteiger partial charge in [0.2, 0.25) is 0 Å². The van der Waals surface area contributed by atoms with Gasteiger partial charge in [0.1, 0.15) is 5.02 Å². The van der Waals surface area contributed by atoms with E-state index in [2.05, 4.69) is 26.3 Å². The second-order valence-electron chi connectivity index (χ2n) is 4.79. The molecule has 0 fully saturated rings. The van der Waals surface area contributed by atoms with E-state index < -0.39 is 0 Å². The molecule has 0 saturated heterocycles. The molecule has 2 aromatic rings. The molecule has 114 valence electrons. The topological polar surface area (TPSA) is 50.2 Å². The Morgan fingerprint density at radius 2 is 2.29 bits per heavy atom. The molecule has 21 heavy (non-hydrogen) atoms. The van der Waals surface area contributed by atoms with Crippen LogP contribution in [0, 0.1) is 0 Å². The van der Waals surface area contributed by atoms with Crippen molar-refractivity contribution in [1.82, 2.24) is 14.7 Å². The number of thiophene rings is 1. The third-order valence-corrected chi connectivity index (χ3v) is 4.88. The van der Waals surface area contributed by atoms with Crippen molar-refractivity contribution in [3.63, 3.8) is 0 Å². The molecule has 8 heteroatoms. The summed E-state index contributed by atoms with van der Waals surface area (Å²) in [4.78, 5) is 15.3. The fourth-order valence-corrected chi connectivity index (χ4v) is 3.28. The molecule has 5 nitrogen and oxygen atoms in total. The SMILES string of the molecule is CN(C)CCn1ncc(NCc2cc(Br)cs2)c(Cl)c1=O. The van der Waals surface area contributed by atoms with Crippen molar-refractivity contribution in [2.24, 2.45) is 0 Å². The van der Waals surface area contributed by atoms with E-state index in [1.54, 1.807) is 17.5 Å². The van der Waals surface area contributed by atoms with Crippen LogP contribution in [-0.4, -0.2) is 35.3 Å². The van der Waals surface area contributed by atoms with Gasteiger partial charge < -0.3 is 10.2 Å². The Labute approximate surface area is 140 Å². The van der Waals surface area contributed by atoms with Crippen molar-refractivity contribution in [3.05, 3.63) is 42.4 Å². The van der Waals surface area contributed by atoms with Crippen molar-refractivity contribution < 1.29 is 0 Å². The van der Waals surface area contributed by atoms with Gasteiger partial charge >= 0.3 is 0 Å². The molecule has 0 atom stereocenters. The molecule has 0 aromatic carbocycles. The van der Waals surface area contributed by atoms with Gasteiger partial charge in [0.25, 0.3) is 5.56 Å². The maximum absolute atomic E-state index is 12.1. The molecule has 2 rings (SSSR count). The van der Waals surface area contributed by atoms with E-state index in [4.69, 9.17) is 11.6 Å². The summed E-state index contributed by atoms with van der Waals surface area (Å²) in [6, 6.07) is 2.03. The molecule has 0 saturated carbocycles. The molecule has 0 bridgehead atoms. The van der Waals surface area contributed by atoms with Crippen LogP contribution in [0.2, 0.25) is 5.02 Å². The maximum atomic E-state index is 12.1. The fourth-order valence-electron chi connectivity index (χ4n) is 1.67. The first-order valence-electron chi connectivity index (χ1n) is 6.34. The first kappa shape index (κ1) is 16.5. The highest BCUT2D eigenvalue weighted by Gasteiger charge is 2.09. The summed E-state index contributed by atoms with van der Waals surface area (Å²) in [6.07, 6.45) is 1.60. The molecule has 0 amide bonds. The van der Waals surface area contributed by atoms with E-state index in [-0.39, 0.29) is 10.6 Å². The molecule has 0 aliphatic rings. The van der Waals surface area contributed by atoms with Crippen LogP contribution in [0.3, 0.4) is 0 Å². The zero-order chi connectivity index (χ0) is 15.4. The second kappa shape index (κ2) is 7.40. The Balaban J connectivity index is 2.07. The number of likely N-dealkylation sites (N-methyl/N-ethyl adjacent to an activating group) is 1. The third-order valence-electron chi connectivity index (χ3n) is 2.82. The lowest BCUT2D eigenvalue weighted by molar-refractivity contribution is 0.367. The zero-order valence-electron chi connectivity index (χ0n) is 11.8. The number of halogens is 2. The van der Waals surface area contributed by atoms with Crippen molar-refractivity contribution >= 4 is 44.6 Å².